The second kappa shape index (κ2) is 11.1. The van der Waals surface area contributed by atoms with Crippen molar-refractivity contribution in [1.29, 1.82) is 0 Å². The molecule has 1 aromatic heterocycles. The lowest BCUT2D eigenvalue weighted by Gasteiger charge is -2.28. The molecule has 2 aliphatic rings. The molecule has 2 N–H and O–H groups in total. The van der Waals surface area contributed by atoms with Gasteiger partial charge in [0.1, 0.15) is 12.2 Å². The molecule has 2 amide bonds. The number of carboxylic acids is 1. The number of amides is 2. The third-order valence-electron chi connectivity index (χ3n) is 5.37. The molecule has 0 spiro atoms. The van der Waals surface area contributed by atoms with E-state index in [2.05, 4.69) is 10.3 Å². The highest BCUT2D eigenvalue weighted by atomic mass is 19.4. The third-order valence-corrected chi connectivity index (χ3v) is 5.37. The Labute approximate surface area is 202 Å². The van der Waals surface area contributed by atoms with E-state index in [9.17, 15) is 22.8 Å². The van der Waals surface area contributed by atoms with E-state index >= 15 is 0 Å². The molecule has 1 aliphatic carbocycles. The molecule has 35 heavy (non-hydrogen) atoms. The van der Waals surface area contributed by atoms with Crippen LogP contribution >= 0.6 is 0 Å². The molecule has 2 heterocycles. The summed E-state index contributed by atoms with van der Waals surface area (Å²) in [7, 11) is 0. The van der Waals surface area contributed by atoms with Gasteiger partial charge in [-0.1, -0.05) is 6.07 Å². The molecule has 0 bridgehead atoms. The number of pyridine rings is 1. The molecule has 196 valence electrons. The Kier molecular flexibility index (Phi) is 8.96. The van der Waals surface area contributed by atoms with E-state index in [-0.39, 0.29) is 23.6 Å². The summed E-state index contributed by atoms with van der Waals surface area (Å²) in [5.41, 5.74) is 0.130. The molecular formula is C23H32F3N3O6. The lowest BCUT2D eigenvalue weighted by atomic mass is 10.1. The Bertz CT molecular complexity index is 912. The zero-order valence-corrected chi connectivity index (χ0v) is 20.3. The van der Waals surface area contributed by atoms with Crippen LogP contribution in [0.15, 0.2) is 18.3 Å². The first-order valence-electron chi connectivity index (χ1n) is 11.3. The summed E-state index contributed by atoms with van der Waals surface area (Å²) in [5, 5.41) is 10.2. The number of nitrogens with zero attached hydrogens (tertiary/aromatic N) is 2. The number of likely N-dealkylation sites (tertiary alicyclic amines) is 1. The smallest absolute Gasteiger partial charge is 0.475 e. The number of alkyl halides is 3. The van der Waals surface area contributed by atoms with Crippen LogP contribution in [0, 0.1) is 6.92 Å². The number of aliphatic carboxylic acids is 1. The number of halogens is 3. The van der Waals surface area contributed by atoms with E-state index in [1.165, 1.54) is 0 Å². The van der Waals surface area contributed by atoms with Crippen molar-refractivity contribution in [3.8, 4) is 5.88 Å². The number of ether oxygens (including phenoxy) is 2. The quantitative estimate of drug-likeness (QED) is 0.606. The Balaban J connectivity index is 0.000000540. The number of carboxylic acid groups (broad SMARTS) is 1. The maximum Gasteiger partial charge on any atom is 0.490 e. The van der Waals surface area contributed by atoms with E-state index in [1.807, 2.05) is 39.8 Å². The van der Waals surface area contributed by atoms with Crippen molar-refractivity contribution in [2.24, 2.45) is 0 Å². The first kappa shape index (κ1) is 28.2. The van der Waals surface area contributed by atoms with Crippen LogP contribution in [0.5, 0.6) is 5.88 Å². The minimum absolute atomic E-state index is 0.0423. The van der Waals surface area contributed by atoms with Gasteiger partial charge in [-0.05, 0) is 59.4 Å². The molecule has 0 radical (unpaired) electrons. The highest BCUT2D eigenvalue weighted by Gasteiger charge is 2.46. The molecular weight excluding hydrogens is 471 g/mol. The van der Waals surface area contributed by atoms with E-state index in [0.29, 0.717) is 25.5 Å². The number of carbonyl (C=O) groups is 3. The van der Waals surface area contributed by atoms with E-state index in [4.69, 9.17) is 19.4 Å². The average Bonchev–Trinajstić information content (AvgIpc) is 3.31. The van der Waals surface area contributed by atoms with Crippen molar-refractivity contribution in [3.63, 3.8) is 0 Å². The van der Waals surface area contributed by atoms with Crippen LogP contribution < -0.4 is 10.1 Å². The standard InChI is InChI=1S/C21H31N3O4.C2HF3O2/c1-15-7-5-11-22-18(15)27-14-21(9-10-21)23-17(25)13-16-8-6-12-24(16)19(26)28-20(2,3)4;3-2(4,5)1(6)7/h5,7,11,16H,6,8-10,12-14H2,1-4H3,(H,23,25);(H,6,7)/t16-;/m0./s1. The van der Waals surface area contributed by atoms with Crippen LogP contribution in [-0.4, -0.2) is 69.5 Å². The average molecular weight is 504 g/mol. The van der Waals surface area contributed by atoms with Gasteiger partial charge in [0.15, 0.2) is 0 Å². The Morgan fingerprint density at radius 3 is 2.40 bits per heavy atom. The minimum atomic E-state index is -5.08. The summed E-state index contributed by atoms with van der Waals surface area (Å²) in [6, 6.07) is 3.71. The SMILES string of the molecule is Cc1cccnc1OCC1(NC(=O)C[C@@H]2CCCN2C(=O)OC(C)(C)C)CC1.O=C(O)C(F)(F)F. The topological polar surface area (TPSA) is 118 Å². The first-order valence-corrected chi connectivity index (χ1v) is 11.3. The Morgan fingerprint density at radius 1 is 1.26 bits per heavy atom. The van der Waals surface area contributed by atoms with Gasteiger partial charge in [0.25, 0.3) is 0 Å². The van der Waals surface area contributed by atoms with Gasteiger partial charge in [-0.25, -0.2) is 14.6 Å². The highest BCUT2D eigenvalue weighted by molar-refractivity contribution is 5.79. The van der Waals surface area contributed by atoms with Crippen LogP contribution in [0.1, 0.15) is 58.4 Å². The summed E-state index contributed by atoms with van der Waals surface area (Å²) in [4.78, 5) is 39.8. The molecule has 0 unspecified atom stereocenters. The van der Waals surface area contributed by atoms with Crippen LogP contribution in [0.25, 0.3) is 0 Å². The molecule has 3 rings (SSSR count). The summed E-state index contributed by atoms with van der Waals surface area (Å²) >= 11 is 0. The summed E-state index contributed by atoms with van der Waals surface area (Å²) in [5.74, 6) is -2.19. The minimum Gasteiger partial charge on any atom is -0.475 e. The number of carbonyl (C=O) groups excluding carboxylic acids is 2. The third kappa shape index (κ3) is 9.25. The van der Waals surface area contributed by atoms with Gasteiger partial charge in [0, 0.05) is 30.8 Å². The van der Waals surface area contributed by atoms with Crippen molar-refractivity contribution in [2.45, 2.75) is 83.2 Å². The predicted molar refractivity (Wildman–Crippen MR) is 119 cm³/mol. The number of hydrogen-bond donors (Lipinski definition) is 2. The van der Waals surface area contributed by atoms with Crippen LogP contribution in [-0.2, 0) is 14.3 Å². The van der Waals surface area contributed by atoms with Gasteiger partial charge >= 0.3 is 18.2 Å². The van der Waals surface area contributed by atoms with Crippen molar-refractivity contribution in [2.75, 3.05) is 13.2 Å². The molecule has 1 aliphatic heterocycles. The number of rotatable bonds is 6. The number of aryl methyl sites for hydroxylation is 1. The molecule has 1 saturated heterocycles. The van der Waals surface area contributed by atoms with E-state index in [0.717, 1.165) is 31.2 Å². The fourth-order valence-corrected chi connectivity index (χ4v) is 3.45. The Hall–Kier alpha value is -3.05. The fraction of sp³-hybridized carbons (Fsp3) is 0.652. The van der Waals surface area contributed by atoms with Crippen molar-refractivity contribution in [1.82, 2.24) is 15.2 Å². The van der Waals surface area contributed by atoms with Crippen molar-refractivity contribution >= 4 is 18.0 Å². The normalized spacial score (nSPS) is 18.7. The van der Waals surface area contributed by atoms with Crippen molar-refractivity contribution < 1.29 is 42.1 Å². The number of aromatic nitrogens is 1. The molecule has 1 atom stereocenters. The largest absolute Gasteiger partial charge is 0.490 e. The molecule has 9 nitrogen and oxygen atoms in total. The van der Waals surface area contributed by atoms with Gasteiger partial charge in [-0.15, -0.1) is 0 Å². The summed E-state index contributed by atoms with van der Waals surface area (Å²) < 4.78 is 43.0. The maximum atomic E-state index is 12.6. The number of nitrogens with one attached hydrogen (secondary N) is 1. The Morgan fingerprint density at radius 2 is 1.89 bits per heavy atom. The molecule has 0 aromatic carbocycles. The second-order valence-electron chi connectivity index (χ2n) is 9.72. The molecule has 2 fully saturated rings. The fourth-order valence-electron chi connectivity index (χ4n) is 3.45. The van der Waals surface area contributed by atoms with E-state index in [1.54, 1.807) is 11.1 Å². The first-order chi connectivity index (χ1) is 16.1. The van der Waals surface area contributed by atoms with Gasteiger partial charge in [-0.2, -0.15) is 13.2 Å². The van der Waals surface area contributed by atoms with Gasteiger partial charge in [-0.3, -0.25) is 4.79 Å². The maximum absolute atomic E-state index is 12.6. The van der Waals surface area contributed by atoms with Crippen LogP contribution in [0.4, 0.5) is 18.0 Å². The van der Waals surface area contributed by atoms with Crippen LogP contribution in [0.2, 0.25) is 0 Å². The summed E-state index contributed by atoms with van der Waals surface area (Å²) in [6.45, 7) is 8.55. The van der Waals surface area contributed by atoms with Gasteiger partial charge in [0.2, 0.25) is 11.8 Å². The molecule has 12 heteroatoms. The number of hydrogen-bond acceptors (Lipinski definition) is 6. The molecule has 1 saturated carbocycles. The lowest BCUT2D eigenvalue weighted by molar-refractivity contribution is -0.192. The predicted octanol–water partition coefficient (Wildman–Crippen LogP) is 3.84. The lowest BCUT2D eigenvalue weighted by Crippen LogP contribution is -2.45. The van der Waals surface area contributed by atoms with Gasteiger partial charge in [0.05, 0.1) is 5.54 Å². The monoisotopic (exact) mass is 503 g/mol. The second-order valence-corrected chi connectivity index (χ2v) is 9.72. The van der Waals surface area contributed by atoms with E-state index < -0.39 is 17.7 Å². The zero-order chi connectivity index (χ0) is 26.4. The summed E-state index contributed by atoms with van der Waals surface area (Å²) in [6.07, 6.45) is 0.0807. The van der Waals surface area contributed by atoms with Crippen LogP contribution in [0.3, 0.4) is 0 Å². The highest BCUT2D eigenvalue weighted by Crippen LogP contribution is 2.36. The van der Waals surface area contributed by atoms with Gasteiger partial charge < -0.3 is 24.8 Å². The molecule has 1 aromatic rings. The zero-order valence-electron chi connectivity index (χ0n) is 20.3. The van der Waals surface area contributed by atoms with Crippen molar-refractivity contribution in [3.05, 3.63) is 23.9 Å².